The zero-order chi connectivity index (χ0) is 11.3. The minimum Gasteiger partial charge on any atom is -0.478 e. The molecule has 1 aromatic carbocycles. The maximum Gasteiger partial charge on any atom is 0.330 e. The number of benzene rings is 1. The Morgan fingerprint density at radius 1 is 1.40 bits per heavy atom. The first kappa shape index (κ1) is 11.5. The van der Waals surface area contributed by atoms with Crippen molar-refractivity contribution in [2.45, 2.75) is 25.7 Å². The number of hydrogen-bond donors (Lipinski definition) is 1. The highest BCUT2D eigenvalue weighted by atomic mass is 16.4. The van der Waals surface area contributed by atoms with Gasteiger partial charge < -0.3 is 5.11 Å². The van der Waals surface area contributed by atoms with Crippen molar-refractivity contribution in [3.8, 4) is 0 Å². The van der Waals surface area contributed by atoms with Crippen LogP contribution in [0.2, 0.25) is 0 Å². The van der Waals surface area contributed by atoms with Crippen LogP contribution in [0.15, 0.2) is 42.5 Å². The number of carbonyl (C=O) groups is 1. The third-order valence-electron chi connectivity index (χ3n) is 2.56. The molecular formula is C13H16O2. The van der Waals surface area contributed by atoms with Gasteiger partial charge in [0.2, 0.25) is 0 Å². The largest absolute Gasteiger partial charge is 0.478 e. The molecule has 0 saturated carbocycles. The minimum atomic E-state index is -0.899. The Morgan fingerprint density at radius 2 is 2.00 bits per heavy atom. The van der Waals surface area contributed by atoms with Gasteiger partial charge in [0, 0.05) is 5.57 Å². The molecule has 0 amide bonds. The molecule has 0 spiro atoms. The van der Waals surface area contributed by atoms with E-state index >= 15 is 0 Å². The van der Waals surface area contributed by atoms with E-state index in [1.807, 2.05) is 30.3 Å². The predicted molar refractivity (Wildman–Crippen MR) is 60.9 cm³/mol. The molecule has 0 bridgehead atoms. The molecule has 80 valence electrons. The standard InChI is InChI=1S/C13H16O2/c1-3-11(9-10(2)13(14)15)12-7-5-4-6-8-12/h4-8,11H,2-3,9H2,1H3,(H,14,15). The lowest BCUT2D eigenvalue weighted by atomic mass is 9.90. The van der Waals surface area contributed by atoms with Crippen LogP contribution < -0.4 is 0 Å². The molecular weight excluding hydrogens is 188 g/mol. The summed E-state index contributed by atoms with van der Waals surface area (Å²) >= 11 is 0. The third-order valence-corrected chi connectivity index (χ3v) is 2.56. The predicted octanol–water partition coefficient (Wildman–Crippen LogP) is 3.21. The molecule has 0 aliphatic heterocycles. The van der Waals surface area contributed by atoms with Gasteiger partial charge >= 0.3 is 5.97 Å². The van der Waals surface area contributed by atoms with E-state index in [-0.39, 0.29) is 11.5 Å². The van der Waals surface area contributed by atoms with Crippen LogP contribution >= 0.6 is 0 Å². The normalized spacial score (nSPS) is 12.1. The van der Waals surface area contributed by atoms with Gasteiger partial charge in [-0.25, -0.2) is 4.79 Å². The first-order valence-corrected chi connectivity index (χ1v) is 5.11. The summed E-state index contributed by atoms with van der Waals surface area (Å²) in [4.78, 5) is 10.7. The zero-order valence-corrected chi connectivity index (χ0v) is 8.94. The van der Waals surface area contributed by atoms with E-state index in [0.717, 1.165) is 6.42 Å². The summed E-state index contributed by atoms with van der Waals surface area (Å²) in [5.74, 6) is -0.640. The van der Waals surface area contributed by atoms with Gasteiger partial charge in [-0.15, -0.1) is 0 Å². The Bertz CT molecular complexity index is 341. The summed E-state index contributed by atoms with van der Waals surface area (Å²) < 4.78 is 0. The molecule has 1 rings (SSSR count). The van der Waals surface area contributed by atoms with Crippen molar-refractivity contribution in [3.05, 3.63) is 48.0 Å². The van der Waals surface area contributed by atoms with Crippen LogP contribution in [0.25, 0.3) is 0 Å². The summed E-state index contributed by atoms with van der Waals surface area (Å²) in [5.41, 5.74) is 1.47. The maximum absolute atomic E-state index is 10.7. The first-order valence-electron chi connectivity index (χ1n) is 5.11. The molecule has 0 radical (unpaired) electrons. The van der Waals surface area contributed by atoms with E-state index in [9.17, 15) is 4.79 Å². The first-order chi connectivity index (χ1) is 7.15. The van der Waals surface area contributed by atoms with Gasteiger partial charge in [0.1, 0.15) is 0 Å². The van der Waals surface area contributed by atoms with Crippen molar-refractivity contribution in [3.63, 3.8) is 0 Å². The summed E-state index contributed by atoms with van der Waals surface area (Å²) in [5, 5.41) is 8.77. The fourth-order valence-corrected chi connectivity index (χ4v) is 1.61. The quantitative estimate of drug-likeness (QED) is 0.748. The topological polar surface area (TPSA) is 37.3 Å². The highest BCUT2D eigenvalue weighted by Crippen LogP contribution is 2.25. The van der Waals surface area contributed by atoms with Crippen molar-refractivity contribution in [1.82, 2.24) is 0 Å². The van der Waals surface area contributed by atoms with Gasteiger partial charge in [-0.05, 0) is 24.3 Å². The van der Waals surface area contributed by atoms with Crippen molar-refractivity contribution in [2.75, 3.05) is 0 Å². The SMILES string of the molecule is C=C(CC(CC)c1ccccc1)C(=O)O. The van der Waals surface area contributed by atoms with Crippen molar-refractivity contribution < 1.29 is 9.90 Å². The Balaban J connectivity index is 2.73. The number of hydrogen-bond acceptors (Lipinski definition) is 1. The molecule has 0 fully saturated rings. The fraction of sp³-hybridized carbons (Fsp3) is 0.308. The number of aliphatic carboxylic acids is 1. The Labute approximate surface area is 90.3 Å². The van der Waals surface area contributed by atoms with E-state index in [2.05, 4.69) is 13.5 Å². The van der Waals surface area contributed by atoms with Gasteiger partial charge in [0.25, 0.3) is 0 Å². The lowest BCUT2D eigenvalue weighted by Crippen LogP contribution is -2.05. The third kappa shape index (κ3) is 3.24. The van der Waals surface area contributed by atoms with E-state index in [4.69, 9.17) is 5.11 Å². The number of carboxylic acid groups (broad SMARTS) is 1. The van der Waals surface area contributed by atoms with Gasteiger partial charge in [-0.3, -0.25) is 0 Å². The highest BCUT2D eigenvalue weighted by molar-refractivity contribution is 5.85. The van der Waals surface area contributed by atoms with Crippen LogP contribution in [0.3, 0.4) is 0 Å². The van der Waals surface area contributed by atoms with Crippen LogP contribution in [-0.4, -0.2) is 11.1 Å². The minimum absolute atomic E-state index is 0.259. The Kier molecular flexibility index (Phi) is 4.10. The molecule has 0 heterocycles. The van der Waals surface area contributed by atoms with Crippen LogP contribution in [0.1, 0.15) is 31.2 Å². The molecule has 1 atom stereocenters. The monoisotopic (exact) mass is 204 g/mol. The second-order valence-corrected chi connectivity index (χ2v) is 3.63. The van der Waals surface area contributed by atoms with Crippen LogP contribution in [0.4, 0.5) is 0 Å². The van der Waals surface area contributed by atoms with Crippen LogP contribution in [-0.2, 0) is 4.79 Å². The zero-order valence-electron chi connectivity index (χ0n) is 8.94. The summed E-state index contributed by atoms with van der Waals surface area (Å²) in [6.07, 6.45) is 1.45. The van der Waals surface area contributed by atoms with Crippen molar-refractivity contribution in [2.24, 2.45) is 0 Å². The van der Waals surface area contributed by atoms with Crippen molar-refractivity contribution in [1.29, 1.82) is 0 Å². The number of carboxylic acids is 1. The Morgan fingerprint density at radius 3 is 2.47 bits per heavy atom. The van der Waals surface area contributed by atoms with E-state index in [1.54, 1.807) is 0 Å². The maximum atomic E-state index is 10.7. The van der Waals surface area contributed by atoms with Crippen LogP contribution in [0.5, 0.6) is 0 Å². The van der Waals surface area contributed by atoms with Gasteiger partial charge in [0.05, 0.1) is 0 Å². The summed E-state index contributed by atoms with van der Waals surface area (Å²) in [7, 11) is 0. The van der Waals surface area contributed by atoms with Gasteiger partial charge in [0.15, 0.2) is 0 Å². The molecule has 0 aliphatic carbocycles. The average Bonchev–Trinajstić information content (AvgIpc) is 2.26. The molecule has 0 aliphatic rings. The average molecular weight is 204 g/mol. The second-order valence-electron chi connectivity index (χ2n) is 3.63. The summed E-state index contributed by atoms with van der Waals surface area (Å²) in [6.45, 7) is 5.63. The molecule has 1 N–H and O–H groups in total. The molecule has 15 heavy (non-hydrogen) atoms. The smallest absolute Gasteiger partial charge is 0.330 e. The van der Waals surface area contributed by atoms with Gasteiger partial charge in [-0.1, -0.05) is 43.8 Å². The van der Waals surface area contributed by atoms with Crippen molar-refractivity contribution >= 4 is 5.97 Å². The highest BCUT2D eigenvalue weighted by Gasteiger charge is 2.13. The van der Waals surface area contributed by atoms with E-state index in [1.165, 1.54) is 5.56 Å². The molecule has 2 heteroatoms. The lowest BCUT2D eigenvalue weighted by molar-refractivity contribution is -0.132. The molecule has 1 unspecified atom stereocenters. The van der Waals surface area contributed by atoms with Gasteiger partial charge in [-0.2, -0.15) is 0 Å². The molecule has 0 aromatic heterocycles. The second kappa shape index (κ2) is 5.35. The Hall–Kier alpha value is -1.57. The fourth-order valence-electron chi connectivity index (χ4n) is 1.61. The molecule has 2 nitrogen and oxygen atoms in total. The number of rotatable bonds is 5. The van der Waals surface area contributed by atoms with E-state index < -0.39 is 5.97 Å². The lowest BCUT2D eigenvalue weighted by Gasteiger charge is -2.14. The molecule has 1 aromatic rings. The van der Waals surface area contributed by atoms with E-state index in [0.29, 0.717) is 6.42 Å². The molecule has 0 saturated heterocycles. The summed E-state index contributed by atoms with van der Waals surface area (Å²) in [6, 6.07) is 9.97. The van der Waals surface area contributed by atoms with Crippen LogP contribution in [0, 0.1) is 0 Å².